The molecule has 4 nitrogen and oxygen atoms in total. The third kappa shape index (κ3) is 2.65. The van der Waals surface area contributed by atoms with E-state index < -0.39 is 11.6 Å². The summed E-state index contributed by atoms with van der Waals surface area (Å²) in [6.45, 7) is 0.0944. The fourth-order valence-corrected chi connectivity index (χ4v) is 2.07. The molecule has 0 saturated carbocycles. The van der Waals surface area contributed by atoms with Gasteiger partial charge in [-0.05, 0) is 30.3 Å². The first-order chi connectivity index (χ1) is 10.2. The number of fused-ring (bicyclic) bond motifs is 1. The van der Waals surface area contributed by atoms with Gasteiger partial charge in [0.25, 0.3) is 0 Å². The monoisotopic (exact) mass is 291 g/mol. The van der Waals surface area contributed by atoms with Gasteiger partial charge in [0.1, 0.15) is 42.1 Å². The Morgan fingerprint density at radius 1 is 1.19 bits per heavy atom. The SMILES string of the molecule is O/N=C1/COc2cc(OCc3cc(F)ccc3F)ccc21. The van der Waals surface area contributed by atoms with Crippen molar-refractivity contribution in [3.63, 3.8) is 0 Å². The number of benzene rings is 2. The van der Waals surface area contributed by atoms with E-state index in [1.54, 1.807) is 18.2 Å². The van der Waals surface area contributed by atoms with Gasteiger partial charge in [0, 0.05) is 17.2 Å². The zero-order chi connectivity index (χ0) is 14.8. The summed E-state index contributed by atoms with van der Waals surface area (Å²) < 4.78 is 37.3. The lowest BCUT2D eigenvalue weighted by molar-refractivity contribution is 0.296. The average molecular weight is 291 g/mol. The molecule has 21 heavy (non-hydrogen) atoms. The van der Waals surface area contributed by atoms with E-state index in [9.17, 15) is 8.78 Å². The molecule has 0 radical (unpaired) electrons. The maximum absolute atomic E-state index is 13.5. The number of oxime groups is 1. The molecule has 0 aromatic heterocycles. The predicted molar refractivity (Wildman–Crippen MR) is 71.0 cm³/mol. The summed E-state index contributed by atoms with van der Waals surface area (Å²) in [4.78, 5) is 0. The third-order valence-electron chi connectivity index (χ3n) is 3.15. The molecule has 0 atom stereocenters. The first kappa shape index (κ1) is 13.4. The van der Waals surface area contributed by atoms with Gasteiger partial charge in [0.15, 0.2) is 0 Å². The standard InChI is InChI=1S/C15H11F2NO3/c16-10-1-4-13(17)9(5-10)7-20-11-2-3-12-14(18-19)8-21-15(12)6-11/h1-6,19H,7-8H2/b18-14-. The molecule has 0 saturated heterocycles. The molecule has 108 valence electrons. The first-order valence-electron chi connectivity index (χ1n) is 6.22. The summed E-state index contributed by atoms with van der Waals surface area (Å²) >= 11 is 0. The second-order valence-electron chi connectivity index (χ2n) is 4.52. The minimum absolute atomic E-state index is 0.0939. The highest BCUT2D eigenvalue weighted by Gasteiger charge is 2.20. The van der Waals surface area contributed by atoms with Crippen molar-refractivity contribution >= 4 is 5.71 Å². The fourth-order valence-electron chi connectivity index (χ4n) is 2.07. The molecule has 2 aromatic rings. The van der Waals surface area contributed by atoms with Gasteiger partial charge in [-0.3, -0.25) is 0 Å². The van der Waals surface area contributed by atoms with E-state index in [1.165, 1.54) is 0 Å². The van der Waals surface area contributed by atoms with Crippen molar-refractivity contribution in [3.8, 4) is 11.5 Å². The lowest BCUT2D eigenvalue weighted by Gasteiger charge is -2.08. The molecule has 0 bridgehead atoms. The third-order valence-corrected chi connectivity index (χ3v) is 3.15. The Morgan fingerprint density at radius 3 is 2.86 bits per heavy atom. The second kappa shape index (κ2) is 5.40. The highest BCUT2D eigenvalue weighted by atomic mass is 19.1. The maximum Gasteiger partial charge on any atom is 0.134 e. The molecular weight excluding hydrogens is 280 g/mol. The van der Waals surface area contributed by atoms with Gasteiger partial charge in [-0.25, -0.2) is 8.78 Å². The van der Waals surface area contributed by atoms with Gasteiger partial charge in [0.2, 0.25) is 0 Å². The Balaban J connectivity index is 1.76. The number of halogens is 2. The topological polar surface area (TPSA) is 51.1 Å². The van der Waals surface area contributed by atoms with Crippen LogP contribution in [0.5, 0.6) is 11.5 Å². The van der Waals surface area contributed by atoms with Gasteiger partial charge >= 0.3 is 0 Å². The second-order valence-corrected chi connectivity index (χ2v) is 4.52. The zero-order valence-corrected chi connectivity index (χ0v) is 10.8. The van der Waals surface area contributed by atoms with E-state index >= 15 is 0 Å². The van der Waals surface area contributed by atoms with Gasteiger partial charge in [-0.15, -0.1) is 0 Å². The number of ether oxygens (including phenoxy) is 2. The van der Waals surface area contributed by atoms with Crippen LogP contribution >= 0.6 is 0 Å². The highest BCUT2D eigenvalue weighted by molar-refractivity contribution is 6.05. The Morgan fingerprint density at radius 2 is 2.05 bits per heavy atom. The van der Waals surface area contributed by atoms with Gasteiger partial charge in [0.05, 0.1) is 0 Å². The van der Waals surface area contributed by atoms with Crippen LogP contribution in [0, 0.1) is 11.6 Å². The van der Waals surface area contributed by atoms with E-state index in [2.05, 4.69) is 5.16 Å². The van der Waals surface area contributed by atoms with Gasteiger partial charge < -0.3 is 14.7 Å². The molecular formula is C15H11F2NO3. The van der Waals surface area contributed by atoms with Crippen molar-refractivity contribution in [2.24, 2.45) is 5.16 Å². The lowest BCUT2D eigenvalue weighted by Crippen LogP contribution is -2.01. The van der Waals surface area contributed by atoms with Crippen LogP contribution in [0.2, 0.25) is 0 Å². The minimum atomic E-state index is -0.525. The Bertz CT molecular complexity index is 716. The van der Waals surface area contributed by atoms with Crippen molar-refractivity contribution < 1.29 is 23.5 Å². The van der Waals surface area contributed by atoms with Crippen LogP contribution in [0.25, 0.3) is 0 Å². The first-order valence-corrected chi connectivity index (χ1v) is 6.22. The normalized spacial score (nSPS) is 14.9. The molecule has 1 aliphatic heterocycles. The van der Waals surface area contributed by atoms with Crippen LogP contribution in [0.4, 0.5) is 8.78 Å². The van der Waals surface area contributed by atoms with Gasteiger partial charge in [-0.1, -0.05) is 5.16 Å². The fraction of sp³-hybridized carbons (Fsp3) is 0.133. The number of nitrogens with zero attached hydrogens (tertiary/aromatic N) is 1. The summed E-state index contributed by atoms with van der Waals surface area (Å²) in [5.74, 6) is -0.0591. The molecule has 1 N–H and O–H groups in total. The summed E-state index contributed by atoms with van der Waals surface area (Å²) in [6, 6.07) is 8.16. The summed E-state index contributed by atoms with van der Waals surface area (Å²) in [6.07, 6.45) is 0. The van der Waals surface area contributed by atoms with E-state index in [1.807, 2.05) is 0 Å². The van der Waals surface area contributed by atoms with E-state index in [-0.39, 0.29) is 18.8 Å². The molecule has 1 heterocycles. The maximum atomic E-state index is 13.5. The minimum Gasteiger partial charge on any atom is -0.489 e. The molecule has 6 heteroatoms. The van der Waals surface area contributed by atoms with Crippen molar-refractivity contribution in [2.45, 2.75) is 6.61 Å². The summed E-state index contributed by atoms with van der Waals surface area (Å²) in [7, 11) is 0. The van der Waals surface area contributed by atoms with Crippen LogP contribution < -0.4 is 9.47 Å². The average Bonchev–Trinajstić information content (AvgIpc) is 2.90. The van der Waals surface area contributed by atoms with E-state index in [0.29, 0.717) is 22.8 Å². The van der Waals surface area contributed by atoms with Crippen LogP contribution in [-0.2, 0) is 6.61 Å². The van der Waals surface area contributed by atoms with Crippen LogP contribution in [0.1, 0.15) is 11.1 Å². The molecule has 3 rings (SSSR count). The van der Waals surface area contributed by atoms with Gasteiger partial charge in [-0.2, -0.15) is 0 Å². The largest absolute Gasteiger partial charge is 0.489 e. The van der Waals surface area contributed by atoms with Crippen LogP contribution in [0.15, 0.2) is 41.6 Å². The quantitative estimate of drug-likeness (QED) is 0.698. The Hall–Kier alpha value is -2.63. The Kier molecular flexibility index (Phi) is 3.43. The number of hydrogen-bond acceptors (Lipinski definition) is 4. The van der Waals surface area contributed by atoms with Crippen molar-refractivity contribution in [1.29, 1.82) is 0 Å². The molecule has 0 aliphatic carbocycles. The molecule has 0 fully saturated rings. The number of hydrogen-bond donors (Lipinski definition) is 1. The van der Waals surface area contributed by atoms with E-state index in [0.717, 1.165) is 18.2 Å². The van der Waals surface area contributed by atoms with Crippen molar-refractivity contribution in [3.05, 3.63) is 59.2 Å². The predicted octanol–water partition coefficient (Wildman–Crippen LogP) is 3.11. The molecule has 0 amide bonds. The lowest BCUT2D eigenvalue weighted by atomic mass is 10.1. The Labute approximate surface area is 119 Å². The number of rotatable bonds is 3. The highest BCUT2D eigenvalue weighted by Crippen LogP contribution is 2.30. The molecule has 1 aliphatic rings. The molecule has 2 aromatic carbocycles. The van der Waals surface area contributed by atoms with Crippen molar-refractivity contribution in [1.82, 2.24) is 0 Å². The molecule has 0 unspecified atom stereocenters. The smallest absolute Gasteiger partial charge is 0.134 e. The van der Waals surface area contributed by atoms with Crippen LogP contribution in [0.3, 0.4) is 0 Å². The van der Waals surface area contributed by atoms with Crippen molar-refractivity contribution in [2.75, 3.05) is 6.61 Å². The molecule has 0 spiro atoms. The van der Waals surface area contributed by atoms with E-state index in [4.69, 9.17) is 14.7 Å². The zero-order valence-electron chi connectivity index (χ0n) is 10.8. The van der Waals surface area contributed by atoms with Crippen LogP contribution in [-0.4, -0.2) is 17.5 Å². The summed E-state index contributed by atoms with van der Waals surface area (Å²) in [5.41, 5.74) is 1.25. The summed E-state index contributed by atoms with van der Waals surface area (Å²) in [5, 5.41) is 11.9.